The zero-order valence-corrected chi connectivity index (χ0v) is 11.6. The number of aliphatic carboxylic acids is 1. The second-order valence-corrected chi connectivity index (χ2v) is 4.69. The predicted octanol–water partition coefficient (Wildman–Crippen LogP) is -0.462. The average Bonchev–Trinajstić information content (AvgIpc) is 2.79. The van der Waals surface area contributed by atoms with Crippen molar-refractivity contribution in [1.82, 2.24) is 10.2 Å². The normalized spacial score (nSPS) is 21.6. The van der Waals surface area contributed by atoms with Crippen LogP contribution in [0.1, 0.15) is 6.92 Å². The molecule has 1 heterocycles. The third-order valence-corrected chi connectivity index (χ3v) is 3.15. The number of nitrogens with zero attached hydrogens (tertiary/aromatic N) is 1. The number of ether oxygens (including phenoxy) is 2. The fourth-order valence-corrected chi connectivity index (χ4v) is 2.09. The van der Waals surface area contributed by atoms with Gasteiger partial charge in [0.05, 0.1) is 19.6 Å². The minimum absolute atomic E-state index is 0.0523. The van der Waals surface area contributed by atoms with E-state index >= 15 is 0 Å². The van der Waals surface area contributed by atoms with E-state index in [0.29, 0.717) is 13.1 Å². The summed E-state index contributed by atoms with van der Waals surface area (Å²) in [6.07, 6.45) is 0. The third-order valence-electron chi connectivity index (χ3n) is 3.15. The van der Waals surface area contributed by atoms with Crippen LogP contribution in [0.3, 0.4) is 0 Å². The Morgan fingerprint density at radius 2 is 2.05 bits per heavy atom. The Labute approximate surface area is 117 Å². The van der Waals surface area contributed by atoms with Crippen molar-refractivity contribution in [1.29, 1.82) is 0 Å². The Hall–Kier alpha value is -1.83. The Morgan fingerprint density at radius 1 is 1.35 bits per heavy atom. The minimum atomic E-state index is -1.05. The quantitative estimate of drug-likeness (QED) is 0.506. The van der Waals surface area contributed by atoms with Gasteiger partial charge in [0, 0.05) is 19.6 Å². The topological polar surface area (TPSA) is 105 Å². The number of amides is 2. The lowest BCUT2D eigenvalue weighted by Gasteiger charge is -2.16. The molecule has 0 bridgehead atoms. The number of nitrogens with one attached hydrogen (secondary N) is 1. The lowest BCUT2D eigenvalue weighted by molar-refractivity contribution is -0.146. The number of hydrogen-bond donors (Lipinski definition) is 2. The van der Waals surface area contributed by atoms with Gasteiger partial charge in [-0.2, -0.15) is 0 Å². The number of likely N-dealkylation sites (tertiary alicyclic amines) is 1. The lowest BCUT2D eigenvalue weighted by atomic mass is 9.99. The van der Waals surface area contributed by atoms with Gasteiger partial charge < -0.3 is 24.8 Å². The van der Waals surface area contributed by atoms with Gasteiger partial charge in [-0.1, -0.05) is 6.92 Å². The van der Waals surface area contributed by atoms with E-state index in [1.165, 1.54) is 7.11 Å². The molecule has 8 nitrogen and oxygen atoms in total. The molecule has 2 atom stereocenters. The molecule has 0 aromatic rings. The van der Waals surface area contributed by atoms with E-state index in [1.807, 2.05) is 6.92 Å². The first-order valence-electron chi connectivity index (χ1n) is 6.35. The molecule has 1 aliphatic heterocycles. The summed E-state index contributed by atoms with van der Waals surface area (Å²) in [6, 6.07) is -0.290. The van der Waals surface area contributed by atoms with Gasteiger partial charge in [0.2, 0.25) is 0 Å². The molecule has 1 fully saturated rings. The molecule has 0 radical (unpaired) electrons. The summed E-state index contributed by atoms with van der Waals surface area (Å²) in [5.74, 6) is -1.60. The zero-order chi connectivity index (χ0) is 15.1. The van der Waals surface area contributed by atoms with Gasteiger partial charge in [0.15, 0.2) is 0 Å². The number of hydrogen-bond acceptors (Lipinski definition) is 5. The number of rotatable bonds is 6. The van der Waals surface area contributed by atoms with Gasteiger partial charge in [-0.25, -0.2) is 9.59 Å². The Morgan fingerprint density at radius 3 is 2.65 bits per heavy atom. The second-order valence-electron chi connectivity index (χ2n) is 4.69. The summed E-state index contributed by atoms with van der Waals surface area (Å²) in [4.78, 5) is 35.1. The maximum atomic E-state index is 11.8. The van der Waals surface area contributed by atoms with E-state index in [4.69, 9.17) is 14.6 Å². The molecule has 114 valence electrons. The van der Waals surface area contributed by atoms with Crippen LogP contribution in [0.2, 0.25) is 0 Å². The molecule has 2 unspecified atom stereocenters. The number of carboxylic acids is 1. The fraction of sp³-hybridized carbons (Fsp3) is 0.750. The SMILES string of the molecule is COC(=O)C1CN(C(=O)NCCOCC(=O)O)CC1C. The summed E-state index contributed by atoms with van der Waals surface area (Å²) >= 11 is 0. The number of carbonyl (C=O) groups is 3. The molecular formula is C12H20N2O6. The minimum Gasteiger partial charge on any atom is -0.480 e. The Bertz CT molecular complexity index is 373. The van der Waals surface area contributed by atoms with Crippen molar-refractivity contribution < 1.29 is 29.0 Å². The van der Waals surface area contributed by atoms with Crippen LogP contribution in [0.5, 0.6) is 0 Å². The van der Waals surface area contributed by atoms with Crippen LogP contribution in [0.15, 0.2) is 0 Å². The standard InChI is InChI=1S/C12H20N2O6/c1-8-5-14(6-9(8)11(17)19-2)12(18)13-3-4-20-7-10(15)16/h8-9H,3-7H2,1-2H3,(H,13,18)(H,15,16). The van der Waals surface area contributed by atoms with E-state index in [-0.39, 0.29) is 43.6 Å². The number of carbonyl (C=O) groups excluding carboxylic acids is 2. The molecule has 8 heteroatoms. The molecule has 2 N–H and O–H groups in total. The Balaban J connectivity index is 2.27. The zero-order valence-electron chi connectivity index (χ0n) is 11.6. The molecule has 2 amide bonds. The van der Waals surface area contributed by atoms with Crippen LogP contribution >= 0.6 is 0 Å². The summed E-state index contributed by atoms with van der Waals surface area (Å²) in [5, 5.41) is 11.0. The second kappa shape index (κ2) is 7.68. The van der Waals surface area contributed by atoms with Gasteiger partial charge >= 0.3 is 18.0 Å². The van der Waals surface area contributed by atoms with Crippen LogP contribution in [0, 0.1) is 11.8 Å². The van der Waals surface area contributed by atoms with E-state index in [1.54, 1.807) is 4.90 Å². The fourth-order valence-electron chi connectivity index (χ4n) is 2.09. The van der Waals surface area contributed by atoms with Crippen molar-refractivity contribution >= 4 is 18.0 Å². The number of esters is 1. The van der Waals surface area contributed by atoms with Crippen molar-refractivity contribution in [2.75, 3.05) is 40.0 Å². The van der Waals surface area contributed by atoms with Crippen LogP contribution < -0.4 is 5.32 Å². The molecule has 0 aromatic carbocycles. The molecular weight excluding hydrogens is 268 g/mol. The summed E-state index contributed by atoms with van der Waals surface area (Å²) in [6.45, 7) is 2.67. The van der Waals surface area contributed by atoms with Gasteiger partial charge in [-0.15, -0.1) is 0 Å². The highest BCUT2D eigenvalue weighted by molar-refractivity contribution is 5.78. The van der Waals surface area contributed by atoms with Gasteiger partial charge in [0.1, 0.15) is 6.61 Å². The molecule has 0 spiro atoms. The molecule has 0 aromatic heterocycles. The molecule has 1 aliphatic rings. The van der Waals surface area contributed by atoms with E-state index in [2.05, 4.69) is 5.32 Å². The summed E-state index contributed by atoms with van der Waals surface area (Å²) < 4.78 is 9.49. The first-order valence-corrected chi connectivity index (χ1v) is 6.35. The predicted molar refractivity (Wildman–Crippen MR) is 68.1 cm³/mol. The van der Waals surface area contributed by atoms with Crippen molar-refractivity contribution in [2.45, 2.75) is 6.92 Å². The first-order chi connectivity index (χ1) is 9.45. The highest BCUT2D eigenvalue weighted by Crippen LogP contribution is 2.23. The summed E-state index contributed by atoms with van der Waals surface area (Å²) in [5.41, 5.74) is 0. The monoisotopic (exact) mass is 288 g/mol. The number of carboxylic acid groups (broad SMARTS) is 1. The van der Waals surface area contributed by atoms with E-state index in [9.17, 15) is 14.4 Å². The smallest absolute Gasteiger partial charge is 0.329 e. The molecule has 1 rings (SSSR count). The van der Waals surface area contributed by atoms with Crippen LogP contribution in [0.25, 0.3) is 0 Å². The highest BCUT2D eigenvalue weighted by atomic mass is 16.5. The largest absolute Gasteiger partial charge is 0.480 e. The first kappa shape index (κ1) is 16.2. The third kappa shape index (κ3) is 4.69. The molecule has 20 heavy (non-hydrogen) atoms. The van der Waals surface area contributed by atoms with Crippen molar-refractivity contribution in [2.24, 2.45) is 11.8 Å². The van der Waals surface area contributed by atoms with E-state index < -0.39 is 5.97 Å². The molecule has 0 saturated carbocycles. The maximum absolute atomic E-state index is 11.8. The highest BCUT2D eigenvalue weighted by Gasteiger charge is 2.37. The van der Waals surface area contributed by atoms with Gasteiger partial charge in [-0.3, -0.25) is 4.79 Å². The summed E-state index contributed by atoms with van der Waals surface area (Å²) in [7, 11) is 1.33. The van der Waals surface area contributed by atoms with Crippen molar-refractivity contribution in [3.63, 3.8) is 0 Å². The maximum Gasteiger partial charge on any atom is 0.329 e. The van der Waals surface area contributed by atoms with Gasteiger partial charge in [0.25, 0.3) is 0 Å². The van der Waals surface area contributed by atoms with Crippen LogP contribution in [-0.4, -0.2) is 67.9 Å². The molecule has 1 saturated heterocycles. The molecule has 0 aliphatic carbocycles. The lowest BCUT2D eigenvalue weighted by Crippen LogP contribution is -2.40. The Kier molecular flexibility index (Phi) is 6.23. The van der Waals surface area contributed by atoms with Crippen LogP contribution in [0.4, 0.5) is 4.79 Å². The number of urea groups is 1. The van der Waals surface area contributed by atoms with Gasteiger partial charge in [-0.05, 0) is 5.92 Å². The number of methoxy groups -OCH3 is 1. The van der Waals surface area contributed by atoms with Crippen molar-refractivity contribution in [3.05, 3.63) is 0 Å². The average molecular weight is 288 g/mol. The van der Waals surface area contributed by atoms with Crippen LogP contribution in [-0.2, 0) is 19.1 Å². The van der Waals surface area contributed by atoms with Crippen molar-refractivity contribution in [3.8, 4) is 0 Å². The van der Waals surface area contributed by atoms with E-state index in [0.717, 1.165) is 0 Å².